The Hall–Kier alpha value is -2.05. The highest BCUT2D eigenvalue weighted by Crippen LogP contribution is 2.25. The normalized spacial score (nSPS) is 14.6. The first-order valence-corrected chi connectivity index (χ1v) is 11.1. The van der Waals surface area contributed by atoms with Crippen LogP contribution in [0.3, 0.4) is 0 Å². The van der Waals surface area contributed by atoms with Crippen LogP contribution in [0.5, 0.6) is 5.75 Å². The van der Waals surface area contributed by atoms with E-state index in [0.717, 1.165) is 67.9 Å². The second-order valence-corrected chi connectivity index (χ2v) is 8.19. The molecule has 0 aliphatic carbocycles. The summed E-state index contributed by atoms with van der Waals surface area (Å²) in [6.45, 7) is 6.06. The van der Waals surface area contributed by atoms with Crippen LogP contribution in [0.2, 0.25) is 0 Å². The Labute approximate surface area is 182 Å². The van der Waals surface area contributed by atoms with E-state index in [4.69, 9.17) is 4.74 Å². The lowest BCUT2D eigenvalue weighted by Gasteiger charge is -2.36. The summed E-state index contributed by atoms with van der Waals surface area (Å²) in [5.74, 6) is 0.925. The Morgan fingerprint density at radius 2 is 1.86 bits per heavy atom. The predicted octanol–water partition coefficient (Wildman–Crippen LogP) is 3.72. The lowest BCUT2D eigenvalue weighted by Crippen LogP contribution is -2.47. The molecule has 1 amide bonds. The molecule has 0 atom stereocenters. The average molecular weight is 460 g/mol. The van der Waals surface area contributed by atoms with Gasteiger partial charge in [-0.1, -0.05) is 24.3 Å². The molecular weight excluding hydrogens is 430 g/mol. The van der Waals surface area contributed by atoms with Crippen molar-refractivity contribution in [3.05, 3.63) is 58.6 Å². The summed E-state index contributed by atoms with van der Waals surface area (Å²) < 4.78 is 6.16. The van der Waals surface area contributed by atoms with E-state index in [1.54, 1.807) is 7.11 Å². The molecule has 2 aromatic carbocycles. The maximum atomic E-state index is 12.1. The minimum Gasteiger partial charge on any atom is -0.496 e. The number of piperazine rings is 1. The number of carbonyl (C=O) groups excluding carboxylic acids is 1. The maximum Gasteiger partial charge on any atom is 0.220 e. The number of rotatable bonds is 9. The molecule has 1 heterocycles. The molecule has 6 heteroatoms. The Morgan fingerprint density at radius 1 is 1.10 bits per heavy atom. The maximum absolute atomic E-state index is 12.1. The van der Waals surface area contributed by atoms with Crippen molar-refractivity contribution in [1.82, 2.24) is 10.2 Å². The Kier molecular flexibility index (Phi) is 8.38. The van der Waals surface area contributed by atoms with Crippen molar-refractivity contribution in [3.8, 4) is 5.75 Å². The highest BCUT2D eigenvalue weighted by molar-refractivity contribution is 9.10. The first kappa shape index (κ1) is 21.7. The van der Waals surface area contributed by atoms with E-state index in [1.165, 1.54) is 5.69 Å². The van der Waals surface area contributed by atoms with Gasteiger partial charge in [-0.2, -0.15) is 0 Å². The largest absolute Gasteiger partial charge is 0.496 e. The molecule has 1 saturated heterocycles. The molecule has 3 rings (SSSR count). The van der Waals surface area contributed by atoms with Crippen LogP contribution in [-0.2, 0) is 11.2 Å². The van der Waals surface area contributed by atoms with E-state index in [-0.39, 0.29) is 5.91 Å². The van der Waals surface area contributed by atoms with Gasteiger partial charge in [-0.15, -0.1) is 0 Å². The number of anilines is 1. The number of benzene rings is 2. The lowest BCUT2D eigenvalue weighted by atomic mass is 10.1. The molecule has 0 unspecified atom stereocenters. The summed E-state index contributed by atoms with van der Waals surface area (Å²) in [6, 6.07) is 16.5. The van der Waals surface area contributed by atoms with Crippen LogP contribution in [0.4, 0.5) is 5.69 Å². The highest BCUT2D eigenvalue weighted by Gasteiger charge is 2.16. The lowest BCUT2D eigenvalue weighted by molar-refractivity contribution is -0.121. The summed E-state index contributed by atoms with van der Waals surface area (Å²) in [4.78, 5) is 17.0. The van der Waals surface area contributed by atoms with E-state index < -0.39 is 0 Å². The summed E-state index contributed by atoms with van der Waals surface area (Å²) in [5.41, 5.74) is 2.44. The smallest absolute Gasteiger partial charge is 0.220 e. The summed E-state index contributed by atoms with van der Waals surface area (Å²) in [5, 5.41) is 3.05. The molecule has 29 heavy (non-hydrogen) atoms. The van der Waals surface area contributed by atoms with Gasteiger partial charge in [-0.25, -0.2) is 0 Å². The molecule has 0 saturated carbocycles. The zero-order chi connectivity index (χ0) is 20.5. The number of halogens is 1. The van der Waals surface area contributed by atoms with Crippen molar-refractivity contribution in [2.75, 3.05) is 51.3 Å². The van der Waals surface area contributed by atoms with Gasteiger partial charge in [0.2, 0.25) is 5.91 Å². The number of amides is 1. The molecule has 0 spiro atoms. The fourth-order valence-electron chi connectivity index (χ4n) is 3.61. The van der Waals surface area contributed by atoms with Crippen LogP contribution in [0.1, 0.15) is 18.4 Å². The summed E-state index contributed by atoms with van der Waals surface area (Å²) >= 11 is 3.49. The zero-order valence-corrected chi connectivity index (χ0v) is 18.7. The third-order valence-corrected chi connectivity index (χ3v) is 5.94. The van der Waals surface area contributed by atoms with Crippen LogP contribution in [0.15, 0.2) is 53.0 Å². The fourth-order valence-corrected chi connectivity index (χ4v) is 4.20. The molecule has 0 radical (unpaired) electrons. The number of ether oxygens (including phenoxy) is 1. The van der Waals surface area contributed by atoms with Gasteiger partial charge in [-0.05, 0) is 65.1 Å². The minimum absolute atomic E-state index is 0.117. The number of hydrogen-bond donors (Lipinski definition) is 1. The number of hydrogen-bond acceptors (Lipinski definition) is 4. The number of nitrogens with one attached hydrogen (secondary N) is 1. The van der Waals surface area contributed by atoms with E-state index in [0.29, 0.717) is 6.42 Å². The number of nitrogens with zero attached hydrogens (tertiary/aromatic N) is 2. The Balaban J connectivity index is 1.28. The molecule has 2 aromatic rings. The van der Waals surface area contributed by atoms with Gasteiger partial charge in [0.15, 0.2) is 0 Å². The monoisotopic (exact) mass is 459 g/mol. The Morgan fingerprint density at radius 3 is 2.55 bits per heavy atom. The third-order valence-electron chi connectivity index (χ3n) is 5.32. The molecular formula is C23H30BrN3O2. The van der Waals surface area contributed by atoms with Crippen LogP contribution in [0, 0.1) is 0 Å². The van der Waals surface area contributed by atoms with Crippen molar-refractivity contribution >= 4 is 27.5 Å². The van der Waals surface area contributed by atoms with Gasteiger partial charge in [-0.3, -0.25) is 9.69 Å². The van der Waals surface area contributed by atoms with Gasteiger partial charge < -0.3 is 15.0 Å². The standard InChI is InChI=1S/C23H30BrN3O2/c1-29-22-10-8-19(18-21(22)24)9-11-23(28)25-12-5-13-26-14-16-27(17-15-26)20-6-3-2-4-7-20/h2-4,6-8,10,18H,5,9,11-17H2,1H3,(H,25,28). The van der Waals surface area contributed by atoms with Crippen molar-refractivity contribution in [2.45, 2.75) is 19.3 Å². The van der Waals surface area contributed by atoms with Crippen LogP contribution in [-0.4, -0.2) is 57.2 Å². The summed E-state index contributed by atoms with van der Waals surface area (Å²) in [7, 11) is 1.65. The topological polar surface area (TPSA) is 44.8 Å². The molecule has 1 N–H and O–H groups in total. The van der Waals surface area contributed by atoms with Gasteiger partial charge in [0, 0.05) is 44.8 Å². The molecule has 1 fully saturated rings. The Bertz CT molecular complexity index is 777. The number of aryl methyl sites for hydroxylation is 1. The van der Waals surface area contributed by atoms with E-state index >= 15 is 0 Å². The molecule has 0 bridgehead atoms. The average Bonchev–Trinajstić information content (AvgIpc) is 2.76. The highest BCUT2D eigenvalue weighted by atomic mass is 79.9. The quantitative estimate of drug-likeness (QED) is 0.580. The van der Waals surface area contributed by atoms with Gasteiger partial charge in [0.1, 0.15) is 5.75 Å². The van der Waals surface area contributed by atoms with Crippen LogP contribution in [0.25, 0.3) is 0 Å². The fraction of sp³-hybridized carbons (Fsp3) is 0.435. The van der Waals surface area contributed by atoms with Crippen LogP contribution < -0.4 is 15.0 Å². The SMILES string of the molecule is COc1ccc(CCC(=O)NCCCN2CCN(c3ccccc3)CC2)cc1Br. The summed E-state index contributed by atoms with van der Waals surface area (Å²) in [6.07, 6.45) is 2.23. The number of carbonyl (C=O) groups is 1. The van der Waals surface area contributed by atoms with Gasteiger partial charge >= 0.3 is 0 Å². The molecule has 156 valence electrons. The van der Waals surface area contributed by atoms with Crippen molar-refractivity contribution in [1.29, 1.82) is 0 Å². The molecule has 1 aliphatic rings. The molecule has 1 aliphatic heterocycles. The predicted molar refractivity (Wildman–Crippen MR) is 122 cm³/mol. The van der Waals surface area contributed by atoms with E-state index in [2.05, 4.69) is 61.4 Å². The second kappa shape index (κ2) is 11.2. The van der Waals surface area contributed by atoms with E-state index in [1.807, 2.05) is 18.2 Å². The number of methoxy groups -OCH3 is 1. The first-order valence-electron chi connectivity index (χ1n) is 10.3. The zero-order valence-electron chi connectivity index (χ0n) is 17.1. The van der Waals surface area contributed by atoms with Crippen molar-refractivity contribution in [2.24, 2.45) is 0 Å². The van der Waals surface area contributed by atoms with E-state index in [9.17, 15) is 4.79 Å². The number of para-hydroxylation sites is 1. The minimum atomic E-state index is 0.117. The third kappa shape index (κ3) is 6.75. The first-order chi connectivity index (χ1) is 14.2. The molecule has 0 aromatic heterocycles. The molecule has 5 nitrogen and oxygen atoms in total. The van der Waals surface area contributed by atoms with Gasteiger partial charge in [0.25, 0.3) is 0 Å². The van der Waals surface area contributed by atoms with Gasteiger partial charge in [0.05, 0.1) is 11.6 Å². The van der Waals surface area contributed by atoms with Crippen LogP contribution >= 0.6 is 15.9 Å². The second-order valence-electron chi connectivity index (χ2n) is 7.34. The van der Waals surface area contributed by atoms with Crippen molar-refractivity contribution < 1.29 is 9.53 Å². The van der Waals surface area contributed by atoms with Crippen molar-refractivity contribution in [3.63, 3.8) is 0 Å².